The molecule has 1 aliphatic heterocycles. The number of cyclic esters (lactones) is 1. The van der Waals surface area contributed by atoms with Gasteiger partial charge in [-0.3, -0.25) is 5.32 Å². The van der Waals surface area contributed by atoms with Gasteiger partial charge in [-0.05, 0) is 32.3 Å². The van der Waals surface area contributed by atoms with Crippen molar-refractivity contribution in [3.63, 3.8) is 0 Å². The Morgan fingerprint density at radius 1 is 1.29 bits per heavy atom. The summed E-state index contributed by atoms with van der Waals surface area (Å²) in [5.41, 5.74) is -1.05. The van der Waals surface area contributed by atoms with Crippen molar-refractivity contribution in [1.82, 2.24) is 5.32 Å². The summed E-state index contributed by atoms with van der Waals surface area (Å²) >= 11 is 0. The summed E-state index contributed by atoms with van der Waals surface area (Å²) in [5, 5.41) is 12.5. The summed E-state index contributed by atoms with van der Waals surface area (Å²) in [4.78, 5) is 11.2. The highest BCUT2D eigenvalue weighted by Gasteiger charge is 2.53. The van der Waals surface area contributed by atoms with Gasteiger partial charge in [-0.15, -0.1) is 0 Å². The van der Waals surface area contributed by atoms with Crippen molar-refractivity contribution in [3.8, 4) is 0 Å². The van der Waals surface area contributed by atoms with Crippen molar-refractivity contribution >= 4 is 6.09 Å². The van der Waals surface area contributed by atoms with E-state index < -0.39 is 17.4 Å². The molecule has 2 N–H and O–H groups in total. The number of benzene rings is 1. The number of rotatable bonds is 3. The number of carbonyl (C=O) groups is 1. The van der Waals surface area contributed by atoms with Gasteiger partial charge >= 0.3 is 6.09 Å². The van der Waals surface area contributed by atoms with Crippen LogP contribution >= 0.6 is 0 Å². The van der Waals surface area contributed by atoms with Gasteiger partial charge in [0.05, 0.1) is 0 Å². The molecule has 17 heavy (non-hydrogen) atoms. The molecule has 0 spiro atoms. The first-order valence-corrected chi connectivity index (χ1v) is 5.70. The zero-order valence-electron chi connectivity index (χ0n) is 10.1. The van der Waals surface area contributed by atoms with Gasteiger partial charge in [0.25, 0.3) is 0 Å². The van der Waals surface area contributed by atoms with E-state index in [4.69, 9.17) is 4.74 Å². The Hall–Kier alpha value is -1.55. The highest BCUT2D eigenvalue weighted by molar-refractivity contribution is 5.71. The molecule has 1 saturated heterocycles. The first-order chi connectivity index (χ1) is 7.93. The second-order valence-corrected chi connectivity index (χ2v) is 4.80. The Kier molecular flexibility index (Phi) is 2.83. The van der Waals surface area contributed by atoms with E-state index in [-0.39, 0.29) is 0 Å². The molecule has 1 aliphatic rings. The van der Waals surface area contributed by atoms with Gasteiger partial charge < -0.3 is 9.84 Å². The molecule has 0 aromatic heterocycles. The third-order valence-corrected chi connectivity index (χ3v) is 3.43. The lowest BCUT2D eigenvalue weighted by atomic mass is 9.88. The Morgan fingerprint density at radius 3 is 2.47 bits per heavy atom. The van der Waals surface area contributed by atoms with Gasteiger partial charge in [0, 0.05) is 0 Å². The van der Waals surface area contributed by atoms with Crippen molar-refractivity contribution < 1.29 is 14.6 Å². The third kappa shape index (κ3) is 2.26. The standard InChI is InChI=1S/C13H17NO3/c1-12(13(2,16)14-11(15)17-12)9-8-10-6-4-3-5-7-10/h3-7,16H,8-9H2,1-2H3,(H,14,15)/t12-,13-/m1/s1. The van der Waals surface area contributed by atoms with Crippen LogP contribution in [0.3, 0.4) is 0 Å². The predicted octanol–water partition coefficient (Wildman–Crippen LogP) is 1.83. The smallest absolute Gasteiger partial charge is 0.410 e. The average molecular weight is 235 g/mol. The maximum atomic E-state index is 11.2. The fourth-order valence-electron chi connectivity index (χ4n) is 1.98. The average Bonchev–Trinajstić information content (AvgIpc) is 2.46. The van der Waals surface area contributed by atoms with Gasteiger partial charge in [-0.1, -0.05) is 30.3 Å². The van der Waals surface area contributed by atoms with Crippen molar-refractivity contribution in [2.24, 2.45) is 0 Å². The molecule has 92 valence electrons. The number of hydrogen-bond acceptors (Lipinski definition) is 3. The molecular weight excluding hydrogens is 218 g/mol. The van der Waals surface area contributed by atoms with Crippen LogP contribution in [0, 0.1) is 0 Å². The van der Waals surface area contributed by atoms with Crippen LogP contribution in [0.2, 0.25) is 0 Å². The molecule has 0 aliphatic carbocycles. The molecule has 4 heteroatoms. The van der Waals surface area contributed by atoms with Crippen LogP contribution < -0.4 is 5.32 Å². The van der Waals surface area contributed by atoms with Crippen LogP contribution in [0.15, 0.2) is 30.3 Å². The van der Waals surface area contributed by atoms with Crippen molar-refractivity contribution in [2.75, 3.05) is 0 Å². The number of nitrogens with one attached hydrogen (secondary N) is 1. The minimum atomic E-state index is -1.32. The molecule has 1 heterocycles. The van der Waals surface area contributed by atoms with Crippen LogP contribution in [-0.4, -0.2) is 22.5 Å². The Labute approximate surface area is 101 Å². The predicted molar refractivity (Wildman–Crippen MR) is 63.4 cm³/mol. The molecule has 2 atom stereocenters. The van der Waals surface area contributed by atoms with E-state index in [0.717, 1.165) is 12.0 Å². The van der Waals surface area contributed by atoms with Crippen LogP contribution in [0.5, 0.6) is 0 Å². The molecule has 1 amide bonds. The van der Waals surface area contributed by atoms with Gasteiger partial charge in [0.1, 0.15) is 0 Å². The van der Waals surface area contributed by atoms with E-state index in [0.29, 0.717) is 6.42 Å². The summed E-state index contributed by atoms with van der Waals surface area (Å²) in [5.74, 6) is 0. The number of hydrogen-bond donors (Lipinski definition) is 2. The molecule has 1 aromatic carbocycles. The van der Waals surface area contributed by atoms with Crippen molar-refractivity contribution in [3.05, 3.63) is 35.9 Å². The lowest BCUT2D eigenvalue weighted by Crippen LogP contribution is -2.53. The summed E-state index contributed by atoms with van der Waals surface area (Å²) in [6.07, 6.45) is 0.760. The minimum Gasteiger partial charge on any atom is -0.438 e. The number of amides is 1. The molecule has 4 nitrogen and oxygen atoms in total. The summed E-state index contributed by atoms with van der Waals surface area (Å²) in [7, 11) is 0. The molecule has 2 rings (SSSR count). The largest absolute Gasteiger partial charge is 0.438 e. The van der Waals surface area contributed by atoms with E-state index in [1.165, 1.54) is 0 Å². The monoisotopic (exact) mass is 235 g/mol. The van der Waals surface area contributed by atoms with E-state index in [1.54, 1.807) is 13.8 Å². The fraction of sp³-hybridized carbons (Fsp3) is 0.462. The van der Waals surface area contributed by atoms with E-state index in [2.05, 4.69) is 5.32 Å². The Bertz CT molecular complexity index is 416. The molecule has 0 unspecified atom stereocenters. The zero-order valence-corrected chi connectivity index (χ0v) is 10.1. The van der Waals surface area contributed by atoms with E-state index >= 15 is 0 Å². The molecule has 0 saturated carbocycles. The molecule has 1 aromatic rings. The van der Waals surface area contributed by atoms with Gasteiger partial charge in [0.15, 0.2) is 11.3 Å². The number of ether oxygens (including phenoxy) is 1. The first kappa shape index (κ1) is 11.9. The van der Waals surface area contributed by atoms with E-state index in [9.17, 15) is 9.90 Å². The van der Waals surface area contributed by atoms with Gasteiger partial charge in [-0.25, -0.2) is 4.79 Å². The quantitative estimate of drug-likeness (QED) is 0.840. The second-order valence-electron chi connectivity index (χ2n) is 4.80. The first-order valence-electron chi connectivity index (χ1n) is 5.70. The maximum absolute atomic E-state index is 11.2. The summed E-state index contributed by atoms with van der Waals surface area (Å²) in [6, 6.07) is 9.92. The topological polar surface area (TPSA) is 58.6 Å². The number of alkyl carbamates (subject to hydrolysis) is 1. The van der Waals surface area contributed by atoms with Gasteiger partial charge in [0.2, 0.25) is 0 Å². The van der Waals surface area contributed by atoms with Crippen LogP contribution in [0.25, 0.3) is 0 Å². The minimum absolute atomic E-state index is 0.564. The maximum Gasteiger partial charge on any atom is 0.410 e. The number of aryl methyl sites for hydroxylation is 1. The van der Waals surface area contributed by atoms with Crippen LogP contribution in [-0.2, 0) is 11.2 Å². The molecule has 1 fully saturated rings. The molecule has 0 radical (unpaired) electrons. The van der Waals surface area contributed by atoms with Crippen LogP contribution in [0.1, 0.15) is 25.8 Å². The summed E-state index contributed by atoms with van der Waals surface area (Å²) in [6.45, 7) is 3.30. The second kappa shape index (κ2) is 4.04. The lowest BCUT2D eigenvalue weighted by Gasteiger charge is -2.32. The third-order valence-electron chi connectivity index (χ3n) is 3.43. The SMILES string of the molecule is C[C@]1(O)NC(=O)O[C@]1(C)CCc1ccccc1. The Balaban J connectivity index is 2.06. The lowest BCUT2D eigenvalue weighted by molar-refractivity contribution is -0.0976. The normalized spacial score (nSPS) is 32.1. The molecule has 0 bridgehead atoms. The molecular formula is C13H17NO3. The van der Waals surface area contributed by atoms with E-state index in [1.807, 2.05) is 30.3 Å². The number of aliphatic hydroxyl groups is 1. The zero-order chi connectivity index (χ0) is 12.5. The summed E-state index contributed by atoms with van der Waals surface area (Å²) < 4.78 is 5.19. The van der Waals surface area contributed by atoms with Gasteiger partial charge in [-0.2, -0.15) is 0 Å². The Morgan fingerprint density at radius 2 is 1.94 bits per heavy atom. The highest BCUT2D eigenvalue weighted by Crippen LogP contribution is 2.33. The van der Waals surface area contributed by atoms with Crippen LogP contribution in [0.4, 0.5) is 4.79 Å². The van der Waals surface area contributed by atoms with Crippen molar-refractivity contribution in [2.45, 2.75) is 38.0 Å². The fourth-order valence-corrected chi connectivity index (χ4v) is 1.98. The number of carbonyl (C=O) groups excluding carboxylic acids is 1. The highest BCUT2D eigenvalue weighted by atomic mass is 16.6. The van der Waals surface area contributed by atoms with Crippen molar-refractivity contribution in [1.29, 1.82) is 0 Å².